The Kier molecular flexibility index (Phi) is 3.85. The van der Waals surface area contributed by atoms with Crippen LogP contribution in [0.5, 0.6) is 5.75 Å². The summed E-state index contributed by atoms with van der Waals surface area (Å²) in [6.45, 7) is 2.14. The molecule has 1 aromatic carbocycles. The van der Waals surface area contributed by atoms with Gasteiger partial charge in [-0.15, -0.1) is 0 Å². The number of carbonyl (C=O) groups is 1. The molecule has 1 aromatic rings. The molecular weight excluding hydrogens is 271 g/mol. The molecule has 1 heterocycles. The Labute approximate surface area is 124 Å². The number of phenols is 1. The molecule has 1 amide bonds. The van der Waals surface area contributed by atoms with E-state index in [-0.39, 0.29) is 22.8 Å². The number of hydrogen-bond donors (Lipinski definition) is 2. The van der Waals surface area contributed by atoms with Crippen molar-refractivity contribution < 1.29 is 14.3 Å². The van der Waals surface area contributed by atoms with Gasteiger partial charge in [0.2, 0.25) is 0 Å². The van der Waals surface area contributed by atoms with Gasteiger partial charge in [-0.3, -0.25) is 4.79 Å². The number of amides is 1. The number of rotatable bonds is 1. The molecule has 0 bridgehead atoms. The van der Waals surface area contributed by atoms with E-state index >= 15 is 0 Å². The lowest BCUT2D eigenvalue weighted by atomic mass is 9.78. The highest BCUT2D eigenvalue weighted by atomic mass is 19.1. The standard InChI is InChI=1S/C16H21FN2O2/c17-14-10-12(20)4-5-13(14)15(21)19-9-8-18-11-16(19)6-2-1-3-7-16/h4-5,10,18,20H,1-3,6-9,11H2. The van der Waals surface area contributed by atoms with Crippen LogP contribution in [0.1, 0.15) is 42.5 Å². The van der Waals surface area contributed by atoms with Crippen LogP contribution in [0.25, 0.3) is 0 Å². The molecule has 0 atom stereocenters. The Morgan fingerprint density at radius 1 is 1.29 bits per heavy atom. The largest absolute Gasteiger partial charge is 0.508 e. The van der Waals surface area contributed by atoms with Crippen LogP contribution in [0, 0.1) is 5.82 Å². The minimum Gasteiger partial charge on any atom is -0.508 e. The average Bonchev–Trinajstić information content (AvgIpc) is 2.48. The van der Waals surface area contributed by atoms with Crippen molar-refractivity contribution in [2.45, 2.75) is 37.6 Å². The molecule has 1 aliphatic heterocycles. The summed E-state index contributed by atoms with van der Waals surface area (Å²) < 4.78 is 14.0. The van der Waals surface area contributed by atoms with Gasteiger partial charge in [-0.2, -0.15) is 0 Å². The summed E-state index contributed by atoms with van der Waals surface area (Å²) >= 11 is 0. The summed E-state index contributed by atoms with van der Waals surface area (Å²) in [5, 5.41) is 12.7. The van der Waals surface area contributed by atoms with Gasteiger partial charge in [0.1, 0.15) is 11.6 Å². The van der Waals surface area contributed by atoms with Gasteiger partial charge in [-0.25, -0.2) is 4.39 Å². The van der Waals surface area contributed by atoms with E-state index in [2.05, 4.69) is 5.32 Å². The summed E-state index contributed by atoms with van der Waals surface area (Å²) in [5.41, 5.74) is -0.114. The summed E-state index contributed by atoms with van der Waals surface area (Å²) in [6, 6.07) is 3.75. The van der Waals surface area contributed by atoms with Crippen molar-refractivity contribution in [2.75, 3.05) is 19.6 Å². The molecule has 5 heteroatoms. The van der Waals surface area contributed by atoms with E-state index in [1.54, 1.807) is 0 Å². The molecule has 2 fully saturated rings. The van der Waals surface area contributed by atoms with E-state index in [0.29, 0.717) is 6.54 Å². The van der Waals surface area contributed by atoms with Crippen molar-refractivity contribution in [1.29, 1.82) is 0 Å². The highest BCUT2D eigenvalue weighted by Gasteiger charge is 2.42. The Morgan fingerprint density at radius 2 is 2.05 bits per heavy atom. The molecule has 1 aliphatic carbocycles. The zero-order valence-corrected chi connectivity index (χ0v) is 12.1. The van der Waals surface area contributed by atoms with E-state index in [1.807, 2.05) is 4.90 Å². The van der Waals surface area contributed by atoms with E-state index in [9.17, 15) is 14.3 Å². The molecule has 21 heavy (non-hydrogen) atoms. The smallest absolute Gasteiger partial charge is 0.257 e. The lowest BCUT2D eigenvalue weighted by Gasteiger charge is -2.49. The van der Waals surface area contributed by atoms with Crippen molar-refractivity contribution in [3.8, 4) is 5.75 Å². The minimum atomic E-state index is -0.649. The van der Waals surface area contributed by atoms with Crippen molar-refractivity contribution in [1.82, 2.24) is 10.2 Å². The number of hydrogen-bond acceptors (Lipinski definition) is 3. The summed E-state index contributed by atoms with van der Waals surface area (Å²) in [7, 11) is 0. The van der Waals surface area contributed by atoms with Gasteiger partial charge in [-0.05, 0) is 25.0 Å². The van der Waals surface area contributed by atoms with E-state index in [1.165, 1.54) is 18.6 Å². The summed E-state index contributed by atoms with van der Waals surface area (Å²) in [5.74, 6) is -1.06. The number of piperazine rings is 1. The Bertz CT molecular complexity index is 533. The summed E-state index contributed by atoms with van der Waals surface area (Å²) in [6.07, 6.45) is 5.39. The lowest BCUT2D eigenvalue weighted by Crippen LogP contribution is -2.63. The van der Waals surface area contributed by atoms with E-state index in [0.717, 1.165) is 44.8 Å². The third-order valence-corrected chi connectivity index (χ3v) is 4.75. The van der Waals surface area contributed by atoms with Crippen molar-refractivity contribution in [3.63, 3.8) is 0 Å². The topological polar surface area (TPSA) is 52.6 Å². The normalized spacial score (nSPS) is 21.5. The molecule has 2 aliphatic rings. The first-order valence-corrected chi connectivity index (χ1v) is 7.64. The molecule has 1 saturated heterocycles. The maximum absolute atomic E-state index is 14.0. The third-order valence-electron chi connectivity index (χ3n) is 4.75. The molecule has 0 aromatic heterocycles. The predicted molar refractivity (Wildman–Crippen MR) is 77.8 cm³/mol. The second-order valence-corrected chi connectivity index (χ2v) is 6.08. The number of nitrogens with one attached hydrogen (secondary N) is 1. The summed E-state index contributed by atoms with van der Waals surface area (Å²) in [4.78, 5) is 14.6. The predicted octanol–water partition coefficient (Wildman–Crippen LogP) is 2.28. The van der Waals surface area contributed by atoms with Crippen LogP contribution in [-0.4, -0.2) is 41.1 Å². The van der Waals surface area contributed by atoms with Crippen molar-refractivity contribution >= 4 is 5.91 Å². The zero-order valence-electron chi connectivity index (χ0n) is 12.1. The Hall–Kier alpha value is -1.62. The molecule has 4 nitrogen and oxygen atoms in total. The van der Waals surface area contributed by atoms with E-state index < -0.39 is 5.82 Å². The van der Waals surface area contributed by atoms with Crippen LogP contribution in [0.2, 0.25) is 0 Å². The first kappa shape index (κ1) is 14.3. The first-order chi connectivity index (χ1) is 10.1. The molecule has 114 valence electrons. The number of carbonyl (C=O) groups excluding carboxylic acids is 1. The fourth-order valence-corrected chi connectivity index (χ4v) is 3.64. The van der Waals surface area contributed by atoms with Crippen LogP contribution >= 0.6 is 0 Å². The highest BCUT2D eigenvalue weighted by molar-refractivity contribution is 5.95. The fraction of sp³-hybridized carbons (Fsp3) is 0.562. The third kappa shape index (κ3) is 2.62. The van der Waals surface area contributed by atoms with Gasteiger partial charge >= 0.3 is 0 Å². The molecule has 1 spiro atoms. The number of halogens is 1. The van der Waals surface area contributed by atoms with Gasteiger partial charge in [-0.1, -0.05) is 19.3 Å². The van der Waals surface area contributed by atoms with Crippen LogP contribution in [-0.2, 0) is 0 Å². The number of phenolic OH excluding ortho intramolecular Hbond substituents is 1. The Morgan fingerprint density at radius 3 is 2.76 bits per heavy atom. The number of benzene rings is 1. The molecular formula is C16H21FN2O2. The maximum atomic E-state index is 14.0. The zero-order chi connectivity index (χ0) is 14.9. The highest BCUT2D eigenvalue weighted by Crippen LogP contribution is 2.35. The van der Waals surface area contributed by atoms with Crippen molar-refractivity contribution in [2.24, 2.45) is 0 Å². The Balaban J connectivity index is 1.90. The maximum Gasteiger partial charge on any atom is 0.257 e. The van der Waals surface area contributed by atoms with Crippen LogP contribution in [0.15, 0.2) is 18.2 Å². The first-order valence-electron chi connectivity index (χ1n) is 7.64. The SMILES string of the molecule is O=C(c1ccc(O)cc1F)N1CCNCC12CCCCC2. The second kappa shape index (κ2) is 5.64. The molecule has 0 radical (unpaired) electrons. The van der Waals surface area contributed by atoms with Crippen LogP contribution in [0.4, 0.5) is 4.39 Å². The molecule has 3 rings (SSSR count). The van der Waals surface area contributed by atoms with E-state index in [4.69, 9.17) is 0 Å². The number of nitrogens with zero attached hydrogens (tertiary/aromatic N) is 1. The van der Waals surface area contributed by atoms with Crippen molar-refractivity contribution in [3.05, 3.63) is 29.6 Å². The van der Waals surface area contributed by atoms with Gasteiger partial charge in [0.25, 0.3) is 5.91 Å². The van der Waals surface area contributed by atoms with Gasteiger partial charge < -0.3 is 15.3 Å². The minimum absolute atomic E-state index is 0.0552. The van der Waals surface area contributed by atoms with Gasteiger partial charge in [0, 0.05) is 25.7 Å². The quantitative estimate of drug-likeness (QED) is 0.835. The van der Waals surface area contributed by atoms with Crippen LogP contribution in [0.3, 0.4) is 0 Å². The molecule has 0 unspecified atom stereocenters. The monoisotopic (exact) mass is 292 g/mol. The molecule has 1 saturated carbocycles. The van der Waals surface area contributed by atoms with Crippen LogP contribution < -0.4 is 5.32 Å². The lowest BCUT2D eigenvalue weighted by molar-refractivity contribution is 0.0219. The number of aromatic hydroxyl groups is 1. The van der Waals surface area contributed by atoms with Gasteiger partial charge in [0.15, 0.2) is 0 Å². The van der Waals surface area contributed by atoms with Gasteiger partial charge in [0.05, 0.1) is 11.1 Å². The molecule has 2 N–H and O–H groups in total. The fourth-order valence-electron chi connectivity index (χ4n) is 3.64. The second-order valence-electron chi connectivity index (χ2n) is 6.08. The average molecular weight is 292 g/mol.